The van der Waals surface area contributed by atoms with Crippen LogP contribution in [0.4, 0.5) is 5.69 Å². The van der Waals surface area contributed by atoms with Gasteiger partial charge in [0.15, 0.2) is 0 Å². The molecule has 1 aromatic rings. The second kappa shape index (κ2) is 7.84. The summed E-state index contributed by atoms with van der Waals surface area (Å²) in [5, 5.41) is 6.97. The molecule has 3 nitrogen and oxygen atoms in total. The zero-order chi connectivity index (χ0) is 11.8. The van der Waals surface area contributed by atoms with Gasteiger partial charge in [0.25, 0.3) is 0 Å². The maximum atomic E-state index is 4.08. The van der Waals surface area contributed by atoms with Gasteiger partial charge >= 0.3 is 0 Å². The summed E-state index contributed by atoms with van der Waals surface area (Å²) in [6.07, 6.45) is 3.65. The molecular weight excluding hydrogens is 250 g/mol. The Balaban J connectivity index is 1.59. The van der Waals surface area contributed by atoms with Crippen molar-refractivity contribution in [3.63, 3.8) is 0 Å². The van der Waals surface area contributed by atoms with Crippen LogP contribution in [0.2, 0.25) is 0 Å². The van der Waals surface area contributed by atoms with Crippen LogP contribution in [0.3, 0.4) is 0 Å². The average Bonchev–Trinajstić information content (AvgIpc) is 2.65. The van der Waals surface area contributed by atoms with Crippen molar-refractivity contribution in [1.82, 2.24) is 10.3 Å². The molecule has 0 atom stereocenters. The second-order valence-corrected chi connectivity index (χ2v) is 6.27. The highest BCUT2D eigenvalue weighted by Gasteiger charge is 2.11. The number of nitrogens with one attached hydrogen (secondary N) is 2. The van der Waals surface area contributed by atoms with Crippen LogP contribution < -0.4 is 10.6 Å². The normalized spacial score (nSPS) is 17.6. The van der Waals surface area contributed by atoms with E-state index in [-0.39, 0.29) is 0 Å². The highest BCUT2D eigenvalue weighted by atomic mass is 32.2. The fraction of sp³-hybridized carbons (Fsp3) is 0.583. The van der Waals surface area contributed by atoms with Gasteiger partial charge < -0.3 is 10.6 Å². The van der Waals surface area contributed by atoms with E-state index in [0.29, 0.717) is 6.04 Å². The van der Waals surface area contributed by atoms with Crippen molar-refractivity contribution in [2.75, 3.05) is 41.4 Å². The molecule has 0 radical (unpaired) electrons. The Hall–Kier alpha value is -0.390. The van der Waals surface area contributed by atoms with E-state index in [1.54, 1.807) is 6.20 Å². The van der Waals surface area contributed by atoms with Crippen LogP contribution >= 0.6 is 23.5 Å². The Kier molecular flexibility index (Phi) is 6.02. The minimum atomic E-state index is 0.670. The summed E-state index contributed by atoms with van der Waals surface area (Å²) in [4.78, 5) is 4.08. The van der Waals surface area contributed by atoms with Gasteiger partial charge in [0.2, 0.25) is 0 Å². The molecule has 5 heteroatoms. The topological polar surface area (TPSA) is 37.0 Å². The molecule has 0 bridgehead atoms. The number of thioether (sulfide) groups is 2. The zero-order valence-corrected chi connectivity index (χ0v) is 11.5. The molecule has 0 amide bonds. The SMILES string of the molecule is c1cncc(NCCNC2CSCCSC2)c1. The lowest BCUT2D eigenvalue weighted by atomic mass is 10.3. The van der Waals surface area contributed by atoms with Gasteiger partial charge in [-0.15, -0.1) is 0 Å². The molecule has 1 aliphatic heterocycles. The van der Waals surface area contributed by atoms with Gasteiger partial charge in [-0.3, -0.25) is 4.98 Å². The van der Waals surface area contributed by atoms with Crippen molar-refractivity contribution in [2.24, 2.45) is 0 Å². The number of aromatic nitrogens is 1. The van der Waals surface area contributed by atoms with Gasteiger partial charge in [0, 0.05) is 54.5 Å². The molecule has 1 aliphatic rings. The van der Waals surface area contributed by atoms with Crippen molar-refractivity contribution in [2.45, 2.75) is 6.04 Å². The van der Waals surface area contributed by atoms with E-state index in [1.165, 1.54) is 23.0 Å². The highest BCUT2D eigenvalue weighted by molar-refractivity contribution is 8.03. The summed E-state index contributed by atoms with van der Waals surface area (Å²) < 4.78 is 0. The molecule has 1 aromatic heterocycles. The van der Waals surface area contributed by atoms with Crippen LogP contribution in [-0.2, 0) is 0 Å². The van der Waals surface area contributed by atoms with Crippen molar-refractivity contribution < 1.29 is 0 Å². The van der Waals surface area contributed by atoms with Crippen LogP contribution in [0.5, 0.6) is 0 Å². The van der Waals surface area contributed by atoms with Gasteiger partial charge in [0.05, 0.1) is 5.69 Å². The number of anilines is 1. The van der Waals surface area contributed by atoms with E-state index in [0.717, 1.165) is 18.8 Å². The van der Waals surface area contributed by atoms with Gasteiger partial charge in [-0.1, -0.05) is 0 Å². The minimum absolute atomic E-state index is 0.670. The van der Waals surface area contributed by atoms with Gasteiger partial charge in [0.1, 0.15) is 0 Å². The largest absolute Gasteiger partial charge is 0.383 e. The molecule has 1 saturated heterocycles. The number of hydrogen-bond acceptors (Lipinski definition) is 5. The maximum Gasteiger partial charge on any atom is 0.0527 e. The molecule has 2 N–H and O–H groups in total. The molecule has 0 aromatic carbocycles. The number of hydrogen-bond donors (Lipinski definition) is 2. The van der Waals surface area contributed by atoms with Crippen molar-refractivity contribution in [3.8, 4) is 0 Å². The summed E-state index contributed by atoms with van der Waals surface area (Å²) in [6.45, 7) is 1.97. The van der Waals surface area contributed by atoms with Crippen molar-refractivity contribution in [3.05, 3.63) is 24.5 Å². The van der Waals surface area contributed by atoms with Gasteiger partial charge in [-0.25, -0.2) is 0 Å². The molecule has 2 heterocycles. The van der Waals surface area contributed by atoms with E-state index >= 15 is 0 Å². The molecule has 94 valence electrons. The molecule has 0 unspecified atom stereocenters. The van der Waals surface area contributed by atoms with Crippen molar-refractivity contribution in [1.29, 1.82) is 0 Å². The monoisotopic (exact) mass is 269 g/mol. The molecule has 1 fully saturated rings. The Morgan fingerprint density at radius 2 is 2.06 bits per heavy atom. The van der Waals surface area contributed by atoms with E-state index in [4.69, 9.17) is 0 Å². The average molecular weight is 269 g/mol. The maximum absolute atomic E-state index is 4.08. The Morgan fingerprint density at radius 1 is 1.24 bits per heavy atom. The third kappa shape index (κ3) is 5.19. The summed E-state index contributed by atoms with van der Waals surface area (Å²) in [7, 11) is 0. The van der Waals surface area contributed by atoms with Crippen LogP contribution in [-0.4, -0.2) is 47.1 Å². The lowest BCUT2D eigenvalue weighted by Crippen LogP contribution is -2.36. The standard InChI is InChI=1S/C12H19N3S2/c1-2-11(8-13-3-1)14-4-5-15-12-9-16-6-7-17-10-12/h1-3,8,12,14-15H,4-7,9-10H2. The Bertz CT molecular complexity index is 300. The summed E-state index contributed by atoms with van der Waals surface area (Å²) >= 11 is 4.13. The minimum Gasteiger partial charge on any atom is -0.383 e. The lowest BCUT2D eigenvalue weighted by Gasteiger charge is -2.15. The summed E-state index contributed by atoms with van der Waals surface area (Å²) in [5.74, 6) is 5.10. The van der Waals surface area contributed by atoms with E-state index in [2.05, 4.69) is 39.1 Å². The van der Waals surface area contributed by atoms with Crippen LogP contribution in [0.25, 0.3) is 0 Å². The fourth-order valence-corrected chi connectivity index (χ4v) is 4.15. The first-order chi connectivity index (χ1) is 8.45. The molecular formula is C12H19N3S2. The first kappa shape index (κ1) is 13.1. The molecule has 2 rings (SSSR count). The van der Waals surface area contributed by atoms with E-state index < -0.39 is 0 Å². The van der Waals surface area contributed by atoms with Gasteiger partial charge in [-0.05, 0) is 12.1 Å². The number of nitrogens with zero attached hydrogens (tertiary/aromatic N) is 1. The highest BCUT2D eigenvalue weighted by Crippen LogP contribution is 2.16. The first-order valence-electron chi connectivity index (χ1n) is 5.98. The fourth-order valence-electron chi connectivity index (χ4n) is 1.69. The zero-order valence-electron chi connectivity index (χ0n) is 9.89. The van der Waals surface area contributed by atoms with Crippen LogP contribution in [0, 0.1) is 0 Å². The third-order valence-corrected chi connectivity index (χ3v) is 5.08. The Morgan fingerprint density at radius 3 is 2.76 bits per heavy atom. The predicted octanol–water partition coefficient (Wildman–Crippen LogP) is 1.93. The van der Waals surface area contributed by atoms with E-state index in [1.807, 2.05) is 18.3 Å². The second-order valence-electron chi connectivity index (χ2n) is 3.97. The lowest BCUT2D eigenvalue weighted by molar-refractivity contribution is 0.617. The number of pyridine rings is 1. The van der Waals surface area contributed by atoms with Crippen LogP contribution in [0.1, 0.15) is 0 Å². The van der Waals surface area contributed by atoms with E-state index in [9.17, 15) is 0 Å². The number of rotatable bonds is 5. The predicted molar refractivity (Wildman–Crippen MR) is 79.2 cm³/mol. The molecule has 0 aliphatic carbocycles. The third-order valence-electron chi connectivity index (χ3n) is 2.56. The molecule has 0 spiro atoms. The summed E-state index contributed by atoms with van der Waals surface area (Å²) in [5.41, 5.74) is 1.10. The first-order valence-corrected chi connectivity index (χ1v) is 8.29. The quantitative estimate of drug-likeness (QED) is 0.799. The van der Waals surface area contributed by atoms with Gasteiger partial charge in [-0.2, -0.15) is 23.5 Å². The molecule has 0 saturated carbocycles. The van der Waals surface area contributed by atoms with Crippen LogP contribution in [0.15, 0.2) is 24.5 Å². The van der Waals surface area contributed by atoms with Crippen molar-refractivity contribution >= 4 is 29.2 Å². The summed E-state index contributed by atoms with van der Waals surface area (Å²) in [6, 6.07) is 4.67. The molecule has 17 heavy (non-hydrogen) atoms. The smallest absolute Gasteiger partial charge is 0.0527 e. The Labute approximate surface area is 112 Å².